The van der Waals surface area contributed by atoms with E-state index in [9.17, 15) is 0 Å². The molecule has 0 amide bonds. The molecular formula is C25H24N2O. The van der Waals surface area contributed by atoms with Crippen molar-refractivity contribution in [3.63, 3.8) is 0 Å². The Balaban J connectivity index is 1.81. The highest BCUT2D eigenvalue weighted by Gasteiger charge is 2.14. The summed E-state index contributed by atoms with van der Waals surface area (Å²) < 4.78 is 7.75. The van der Waals surface area contributed by atoms with Crippen molar-refractivity contribution < 1.29 is 4.74 Å². The lowest BCUT2D eigenvalue weighted by Crippen LogP contribution is -2.03. The van der Waals surface area contributed by atoms with Gasteiger partial charge < -0.3 is 9.30 Å². The van der Waals surface area contributed by atoms with Gasteiger partial charge in [-0.15, -0.1) is 0 Å². The number of aryl methyl sites for hydroxylation is 1. The summed E-state index contributed by atoms with van der Waals surface area (Å²) in [5, 5.41) is 1.25. The van der Waals surface area contributed by atoms with E-state index in [1.807, 2.05) is 36.5 Å². The van der Waals surface area contributed by atoms with Crippen LogP contribution in [0, 0.1) is 13.8 Å². The van der Waals surface area contributed by atoms with Crippen LogP contribution in [0.3, 0.4) is 0 Å². The summed E-state index contributed by atoms with van der Waals surface area (Å²) in [7, 11) is 1.70. The smallest absolute Gasteiger partial charge is 0.119 e. The Morgan fingerprint density at radius 1 is 0.964 bits per heavy atom. The predicted octanol–water partition coefficient (Wildman–Crippen LogP) is 5.88. The lowest BCUT2D eigenvalue weighted by atomic mass is 10.1. The molecule has 0 fully saturated rings. The first-order valence-electron chi connectivity index (χ1n) is 9.48. The number of pyridine rings is 1. The van der Waals surface area contributed by atoms with E-state index in [-0.39, 0.29) is 0 Å². The van der Waals surface area contributed by atoms with Crippen molar-refractivity contribution in [2.45, 2.75) is 20.4 Å². The summed E-state index contributed by atoms with van der Waals surface area (Å²) >= 11 is 0. The molecule has 2 aromatic heterocycles. The van der Waals surface area contributed by atoms with Crippen LogP contribution in [0.15, 0.2) is 66.9 Å². The molecule has 0 atom stereocenters. The van der Waals surface area contributed by atoms with Crippen molar-refractivity contribution >= 4 is 23.1 Å². The van der Waals surface area contributed by atoms with Crippen LogP contribution in [0.4, 0.5) is 0 Å². The van der Waals surface area contributed by atoms with E-state index < -0.39 is 0 Å². The Morgan fingerprint density at radius 3 is 2.57 bits per heavy atom. The van der Waals surface area contributed by atoms with Crippen LogP contribution in [-0.4, -0.2) is 16.7 Å². The maximum atomic E-state index is 5.39. The number of rotatable bonds is 5. The highest BCUT2D eigenvalue weighted by Crippen LogP contribution is 2.29. The van der Waals surface area contributed by atoms with Crippen LogP contribution < -0.4 is 4.74 Å². The van der Waals surface area contributed by atoms with Crippen LogP contribution in [0.2, 0.25) is 0 Å². The second-order valence-corrected chi connectivity index (χ2v) is 6.98. The third-order valence-corrected chi connectivity index (χ3v) is 5.28. The summed E-state index contributed by atoms with van der Waals surface area (Å²) in [6, 6.07) is 20.7. The molecule has 0 aliphatic rings. The number of ether oxygens (including phenoxy) is 1. The minimum atomic E-state index is 0.783. The van der Waals surface area contributed by atoms with Gasteiger partial charge in [0, 0.05) is 23.8 Å². The first-order valence-corrected chi connectivity index (χ1v) is 9.48. The minimum absolute atomic E-state index is 0.783. The fraction of sp³-hybridized carbons (Fsp3) is 0.160. The molecule has 28 heavy (non-hydrogen) atoms. The predicted molar refractivity (Wildman–Crippen MR) is 117 cm³/mol. The average Bonchev–Trinajstić information content (AvgIpc) is 2.98. The molecular weight excluding hydrogens is 344 g/mol. The third-order valence-electron chi connectivity index (χ3n) is 5.28. The molecule has 140 valence electrons. The van der Waals surface area contributed by atoms with Gasteiger partial charge in [-0.1, -0.05) is 48.5 Å². The first kappa shape index (κ1) is 18.1. The van der Waals surface area contributed by atoms with Crippen LogP contribution in [0.1, 0.15) is 28.1 Å². The monoisotopic (exact) mass is 368 g/mol. The van der Waals surface area contributed by atoms with Gasteiger partial charge in [-0.25, -0.2) is 0 Å². The zero-order valence-corrected chi connectivity index (χ0v) is 16.5. The van der Waals surface area contributed by atoms with Gasteiger partial charge in [-0.3, -0.25) is 4.98 Å². The zero-order valence-electron chi connectivity index (χ0n) is 16.5. The Morgan fingerprint density at radius 2 is 1.79 bits per heavy atom. The lowest BCUT2D eigenvalue weighted by molar-refractivity contribution is 0.414. The van der Waals surface area contributed by atoms with Gasteiger partial charge in [0.05, 0.1) is 18.3 Å². The van der Waals surface area contributed by atoms with Gasteiger partial charge in [0.1, 0.15) is 5.75 Å². The lowest BCUT2D eigenvalue weighted by Gasteiger charge is -2.11. The molecule has 0 aliphatic carbocycles. The summed E-state index contributed by atoms with van der Waals surface area (Å²) in [5.41, 5.74) is 7.10. The number of fused-ring (bicyclic) bond motifs is 1. The number of nitrogens with zero attached hydrogens (tertiary/aromatic N) is 2. The van der Waals surface area contributed by atoms with Crippen LogP contribution in [0.5, 0.6) is 5.75 Å². The van der Waals surface area contributed by atoms with Gasteiger partial charge in [0.2, 0.25) is 0 Å². The van der Waals surface area contributed by atoms with Crippen molar-refractivity contribution in [2.24, 2.45) is 0 Å². The molecule has 0 N–H and O–H groups in total. The van der Waals surface area contributed by atoms with Gasteiger partial charge in [-0.05, 0) is 54.8 Å². The van der Waals surface area contributed by atoms with Crippen LogP contribution >= 0.6 is 0 Å². The average molecular weight is 368 g/mol. The molecule has 4 aromatic rings. The van der Waals surface area contributed by atoms with Crippen molar-refractivity contribution in [1.29, 1.82) is 0 Å². The van der Waals surface area contributed by atoms with E-state index >= 15 is 0 Å². The Hall–Kier alpha value is -3.33. The number of aromatic nitrogens is 2. The maximum Gasteiger partial charge on any atom is 0.119 e. The van der Waals surface area contributed by atoms with Crippen molar-refractivity contribution in [1.82, 2.24) is 9.55 Å². The molecule has 2 heterocycles. The van der Waals surface area contributed by atoms with E-state index in [0.717, 1.165) is 18.0 Å². The largest absolute Gasteiger partial charge is 0.497 e. The van der Waals surface area contributed by atoms with Crippen molar-refractivity contribution in [2.75, 3.05) is 7.11 Å². The Kier molecular flexibility index (Phi) is 4.98. The molecule has 3 heteroatoms. The van der Waals surface area contributed by atoms with Crippen molar-refractivity contribution in [3.05, 3.63) is 94.9 Å². The van der Waals surface area contributed by atoms with Crippen molar-refractivity contribution in [3.8, 4) is 5.75 Å². The number of methoxy groups -OCH3 is 1. The third kappa shape index (κ3) is 3.44. The summed E-state index contributed by atoms with van der Waals surface area (Å²) in [5.74, 6) is 0.880. The Bertz CT molecular complexity index is 1140. The van der Waals surface area contributed by atoms with Crippen LogP contribution in [-0.2, 0) is 6.54 Å². The molecule has 2 aromatic carbocycles. The fourth-order valence-corrected chi connectivity index (χ4v) is 3.63. The highest BCUT2D eigenvalue weighted by molar-refractivity contribution is 5.92. The molecule has 4 rings (SSSR count). The molecule has 0 unspecified atom stereocenters. The normalized spacial score (nSPS) is 11.4. The van der Waals surface area contributed by atoms with E-state index in [4.69, 9.17) is 4.74 Å². The summed E-state index contributed by atoms with van der Waals surface area (Å²) in [6.45, 7) is 5.15. The van der Waals surface area contributed by atoms with Crippen LogP contribution in [0.25, 0.3) is 23.1 Å². The molecule has 0 spiro atoms. The first-order chi connectivity index (χ1) is 13.7. The SMILES string of the molecule is COc1cccc(Cn2c(C)c(C)c3ccnc(C=Cc4ccccc4)c32)c1. The molecule has 0 aliphatic heterocycles. The molecule has 3 nitrogen and oxygen atoms in total. The molecule has 0 saturated heterocycles. The number of hydrogen-bond acceptors (Lipinski definition) is 2. The van der Waals surface area contributed by atoms with E-state index in [1.165, 1.54) is 33.3 Å². The Labute approximate surface area is 165 Å². The number of hydrogen-bond donors (Lipinski definition) is 0. The van der Waals surface area contributed by atoms with E-state index in [1.54, 1.807) is 7.11 Å². The fourth-order valence-electron chi connectivity index (χ4n) is 3.63. The van der Waals surface area contributed by atoms with Gasteiger partial charge in [0.25, 0.3) is 0 Å². The molecule has 0 radical (unpaired) electrons. The molecule has 0 saturated carbocycles. The number of benzene rings is 2. The van der Waals surface area contributed by atoms with Gasteiger partial charge in [0.15, 0.2) is 0 Å². The second kappa shape index (κ2) is 7.73. The summed E-state index contributed by atoms with van der Waals surface area (Å²) in [6.07, 6.45) is 6.13. The second-order valence-electron chi connectivity index (χ2n) is 6.98. The van der Waals surface area contributed by atoms with Gasteiger partial charge in [-0.2, -0.15) is 0 Å². The summed E-state index contributed by atoms with van der Waals surface area (Å²) in [4.78, 5) is 4.68. The van der Waals surface area contributed by atoms with Gasteiger partial charge >= 0.3 is 0 Å². The highest BCUT2D eigenvalue weighted by atomic mass is 16.5. The minimum Gasteiger partial charge on any atom is -0.497 e. The van der Waals surface area contributed by atoms with E-state index in [0.29, 0.717) is 0 Å². The standard InChI is InChI=1S/C25H24N2O/c1-18-19(2)27(17-21-10-7-11-22(16-21)28-3)25-23(18)14-15-26-24(25)13-12-20-8-5-4-6-9-20/h4-16H,17H2,1-3H3. The topological polar surface area (TPSA) is 27.1 Å². The zero-order chi connectivity index (χ0) is 19.5. The quantitative estimate of drug-likeness (QED) is 0.440. The molecule has 0 bridgehead atoms. The maximum absolute atomic E-state index is 5.39. The van der Waals surface area contributed by atoms with E-state index in [2.05, 4.69) is 65.9 Å².